The predicted molar refractivity (Wildman–Crippen MR) is 145 cm³/mol. The highest BCUT2D eigenvalue weighted by atomic mass is 32.2. The van der Waals surface area contributed by atoms with E-state index >= 15 is 0 Å². The highest BCUT2D eigenvalue weighted by Gasteiger charge is 2.21. The third kappa shape index (κ3) is 5.86. The first-order valence-electron chi connectivity index (χ1n) is 11.6. The largest absolute Gasteiger partial charge is 0.348 e. The van der Waals surface area contributed by atoms with Crippen molar-refractivity contribution in [3.8, 4) is 23.0 Å². The lowest BCUT2D eigenvalue weighted by Crippen LogP contribution is -2.30. The molecule has 0 aliphatic carbocycles. The summed E-state index contributed by atoms with van der Waals surface area (Å²) in [4.78, 5) is 31.1. The number of nitriles is 1. The number of benzene rings is 2. The summed E-state index contributed by atoms with van der Waals surface area (Å²) in [6, 6.07) is 15.2. The lowest BCUT2D eigenvalue weighted by molar-refractivity contribution is 0.0949. The van der Waals surface area contributed by atoms with Gasteiger partial charge in [0.25, 0.3) is 12.3 Å². The molecule has 0 spiro atoms. The summed E-state index contributed by atoms with van der Waals surface area (Å²) in [5, 5.41) is 11.4. The van der Waals surface area contributed by atoms with Gasteiger partial charge >= 0.3 is 0 Å². The molecule has 2 aromatic carbocycles. The number of amides is 1. The van der Waals surface area contributed by atoms with E-state index in [1.165, 1.54) is 36.5 Å². The molecule has 1 amide bonds. The Balaban J connectivity index is 1.72. The maximum atomic E-state index is 13.6. The number of rotatable bonds is 8. The van der Waals surface area contributed by atoms with E-state index in [-0.39, 0.29) is 28.8 Å². The summed E-state index contributed by atoms with van der Waals surface area (Å²) in [5.74, 6) is 2.85. The average Bonchev–Trinajstić information content (AvgIpc) is 2.93. The Morgan fingerprint density at radius 1 is 1.15 bits per heavy atom. The molecule has 2 aromatic heterocycles. The summed E-state index contributed by atoms with van der Waals surface area (Å²) in [6.07, 6.45) is 3.42. The number of hydrogen-bond acceptors (Lipinski definition) is 5. The first-order valence-corrected chi connectivity index (χ1v) is 13.3. The molecule has 2 N–H and O–H groups in total. The van der Waals surface area contributed by atoms with E-state index in [9.17, 15) is 22.6 Å². The van der Waals surface area contributed by atoms with Gasteiger partial charge in [-0.05, 0) is 54.3 Å². The summed E-state index contributed by atoms with van der Waals surface area (Å²) in [5.41, 5.74) is 1.12. The van der Waals surface area contributed by atoms with Crippen molar-refractivity contribution in [1.82, 2.24) is 19.6 Å². The summed E-state index contributed by atoms with van der Waals surface area (Å²) in [6.45, 7) is 1.72. The van der Waals surface area contributed by atoms with Gasteiger partial charge in [-0.25, -0.2) is 17.7 Å². The molecule has 4 rings (SSSR count). The van der Waals surface area contributed by atoms with E-state index < -0.39 is 27.5 Å². The monoisotopic (exact) mass is 547 g/mol. The average molecular weight is 548 g/mol. The number of hydrogen-bond donors (Lipinski definition) is 2. The van der Waals surface area contributed by atoms with Gasteiger partial charge in [-0.3, -0.25) is 14.6 Å². The van der Waals surface area contributed by atoms with Crippen LogP contribution in [0.4, 0.5) is 8.78 Å². The van der Waals surface area contributed by atoms with E-state index in [0.717, 1.165) is 0 Å². The van der Waals surface area contributed by atoms with Crippen molar-refractivity contribution in [1.29, 1.82) is 5.26 Å². The molecular weight excluding hydrogens is 524 g/mol. The molecule has 0 saturated carbocycles. The van der Waals surface area contributed by atoms with Crippen LogP contribution in [0.2, 0.25) is 0 Å². The van der Waals surface area contributed by atoms with E-state index in [0.29, 0.717) is 21.8 Å². The fourth-order valence-electron chi connectivity index (χ4n) is 4.05. The Morgan fingerprint density at radius 3 is 2.49 bits per heavy atom. The molecule has 0 radical (unpaired) electrons. The first-order chi connectivity index (χ1) is 18.6. The Bertz CT molecular complexity index is 1730. The molecule has 4 aromatic rings. The minimum Gasteiger partial charge on any atom is -0.348 e. The van der Waals surface area contributed by atoms with Crippen LogP contribution in [0.5, 0.6) is 0 Å². The van der Waals surface area contributed by atoms with Crippen LogP contribution in [0.25, 0.3) is 16.8 Å². The zero-order valence-electron chi connectivity index (χ0n) is 20.7. The number of carbonyl (C=O) groups excluding carboxylic acids is 1. The molecule has 0 fully saturated rings. The molecule has 39 heavy (non-hydrogen) atoms. The molecule has 1 atom stereocenters. The number of carbonyl (C=O) groups is 1. The maximum Gasteiger partial charge on any atom is 0.263 e. The van der Waals surface area contributed by atoms with E-state index in [4.69, 9.17) is 5.26 Å². The molecular formula is C28H23F2N5O3S. The van der Waals surface area contributed by atoms with E-state index in [2.05, 4.69) is 20.9 Å². The van der Waals surface area contributed by atoms with Gasteiger partial charge in [0.15, 0.2) is 6.19 Å². The summed E-state index contributed by atoms with van der Waals surface area (Å²) in [7, 11) is -2.98. The van der Waals surface area contributed by atoms with Gasteiger partial charge in [0.2, 0.25) is 5.43 Å². The topological polar surface area (TPSA) is 117 Å². The SMILES string of the molecule is C=S(=O)(NC#N)c1ccc(CNC(=O)c2cn(-c3ccncc3)c(C)c(-c3cccc(C(F)F)c3)c2=O)cc1. The Labute approximate surface area is 223 Å². The third-order valence-electron chi connectivity index (χ3n) is 6.03. The van der Waals surface area contributed by atoms with Crippen LogP contribution < -0.4 is 15.5 Å². The highest BCUT2D eigenvalue weighted by molar-refractivity contribution is 7.98. The van der Waals surface area contributed by atoms with Crippen molar-refractivity contribution in [2.45, 2.75) is 24.8 Å². The zero-order chi connectivity index (χ0) is 28.2. The minimum absolute atomic E-state index is 0.0436. The van der Waals surface area contributed by atoms with Crippen molar-refractivity contribution >= 4 is 21.5 Å². The predicted octanol–water partition coefficient (Wildman–Crippen LogP) is 4.14. The highest BCUT2D eigenvalue weighted by Crippen LogP contribution is 2.27. The van der Waals surface area contributed by atoms with Gasteiger partial charge in [0.05, 0.1) is 14.6 Å². The maximum absolute atomic E-state index is 13.6. The second kappa shape index (κ2) is 11.3. The number of alkyl halides is 2. The van der Waals surface area contributed by atoms with Gasteiger partial charge in [-0.2, -0.15) is 5.26 Å². The molecule has 8 nitrogen and oxygen atoms in total. The van der Waals surface area contributed by atoms with Gasteiger partial charge in [-0.1, -0.05) is 30.3 Å². The fourth-order valence-corrected chi connectivity index (χ4v) is 4.89. The van der Waals surface area contributed by atoms with Gasteiger partial charge in [0, 0.05) is 47.6 Å². The van der Waals surface area contributed by atoms with Gasteiger partial charge in [0.1, 0.15) is 5.56 Å². The van der Waals surface area contributed by atoms with Crippen molar-refractivity contribution in [2.75, 3.05) is 0 Å². The molecule has 0 aliphatic rings. The normalized spacial score (nSPS) is 12.4. The molecule has 0 saturated heterocycles. The lowest BCUT2D eigenvalue weighted by Gasteiger charge is -2.17. The number of nitrogens with one attached hydrogen (secondary N) is 2. The number of nitrogens with zero attached hydrogens (tertiary/aromatic N) is 3. The summed E-state index contributed by atoms with van der Waals surface area (Å²) < 4.78 is 43.0. The molecule has 11 heteroatoms. The van der Waals surface area contributed by atoms with Crippen LogP contribution in [0.1, 0.15) is 33.6 Å². The number of aromatic nitrogens is 2. The van der Waals surface area contributed by atoms with Crippen LogP contribution in [0.3, 0.4) is 0 Å². The van der Waals surface area contributed by atoms with Crippen molar-refractivity contribution < 1.29 is 17.8 Å². The second-order valence-corrected chi connectivity index (χ2v) is 10.6. The summed E-state index contributed by atoms with van der Waals surface area (Å²) >= 11 is 0. The zero-order valence-corrected chi connectivity index (χ0v) is 21.5. The first kappa shape index (κ1) is 27.2. The van der Waals surface area contributed by atoms with Crippen LogP contribution in [-0.4, -0.2) is 25.5 Å². The molecule has 2 heterocycles. The van der Waals surface area contributed by atoms with E-state index in [1.54, 1.807) is 60.4 Å². The van der Waals surface area contributed by atoms with Crippen LogP contribution in [0.15, 0.2) is 88.9 Å². The van der Waals surface area contributed by atoms with Crippen LogP contribution in [-0.2, 0) is 16.3 Å². The van der Waals surface area contributed by atoms with Gasteiger partial charge < -0.3 is 9.88 Å². The number of halogens is 2. The molecule has 0 bridgehead atoms. The molecule has 1 unspecified atom stereocenters. The third-order valence-corrected chi connectivity index (χ3v) is 7.49. The van der Waals surface area contributed by atoms with Crippen molar-refractivity contribution in [3.05, 3.63) is 112 Å². The van der Waals surface area contributed by atoms with Crippen molar-refractivity contribution in [2.24, 2.45) is 0 Å². The minimum atomic E-state index is -2.98. The molecule has 0 aliphatic heterocycles. The Morgan fingerprint density at radius 2 is 1.85 bits per heavy atom. The Kier molecular flexibility index (Phi) is 7.88. The fraction of sp³-hybridized carbons (Fsp3) is 0.107. The standard InChI is InChI=1S/C28H23F2N5O3S/c1-18-25(20-4-3-5-21(14-20)27(29)30)26(36)24(16-35(18)22-10-12-32-13-11-22)28(37)33-15-19-6-8-23(9-7-19)39(2,38)34-17-31/h3-14,16,27H,2,15H2,1H3,(H,33,37)(H,34,38). The number of pyridine rings is 2. The van der Waals surface area contributed by atoms with Crippen LogP contribution in [0, 0.1) is 18.4 Å². The quantitative estimate of drug-likeness (QED) is 0.195. The second-order valence-electron chi connectivity index (χ2n) is 8.55. The smallest absolute Gasteiger partial charge is 0.263 e. The van der Waals surface area contributed by atoms with E-state index in [1.807, 2.05) is 0 Å². The lowest BCUT2D eigenvalue weighted by atomic mass is 9.99. The molecule has 198 valence electrons. The Hall–Kier alpha value is -4.82. The van der Waals surface area contributed by atoms with Gasteiger partial charge in [-0.15, -0.1) is 0 Å². The van der Waals surface area contributed by atoms with Crippen molar-refractivity contribution in [3.63, 3.8) is 0 Å². The van der Waals surface area contributed by atoms with Crippen LogP contribution >= 0.6 is 0 Å².